The molecule has 0 radical (unpaired) electrons. The number of benzene rings is 1. The van der Waals surface area contributed by atoms with Crippen LogP contribution < -0.4 is 5.73 Å². The summed E-state index contributed by atoms with van der Waals surface area (Å²) < 4.78 is 0. The lowest BCUT2D eigenvalue weighted by molar-refractivity contribution is -0.149. The number of carbonyl (C=O) groups excluding carboxylic acids is 1. The van der Waals surface area contributed by atoms with Gasteiger partial charge in [-0.25, -0.2) is 4.79 Å². The van der Waals surface area contributed by atoms with Crippen LogP contribution in [-0.4, -0.2) is 34.5 Å². The average molecular weight is 274 g/mol. The number of nitrogens with two attached hydrogens (primary N) is 1. The molecule has 5 nitrogen and oxygen atoms in total. The van der Waals surface area contributed by atoms with E-state index in [1.807, 2.05) is 12.1 Å². The van der Waals surface area contributed by atoms with Crippen LogP contribution in [0.5, 0.6) is 0 Å². The molecule has 3 rings (SSSR count). The van der Waals surface area contributed by atoms with E-state index >= 15 is 0 Å². The molecule has 0 bridgehead atoms. The average Bonchev–Trinajstić information content (AvgIpc) is 3.08. The summed E-state index contributed by atoms with van der Waals surface area (Å²) in [5.74, 6) is -0.934. The largest absolute Gasteiger partial charge is 0.480 e. The van der Waals surface area contributed by atoms with Gasteiger partial charge >= 0.3 is 5.97 Å². The fourth-order valence-electron chi connectivity index (χ4n) is 3.09. The maximum atomic E-state index is 12.8. The Morgan fingerprint density at radius 3 is 2.45 bits per heavy atom. The number of nitrogens with zero attached hydrogens (tertiary/aromatic N) is 1. The molecule has 1 aromatic carbocycles. The molecule has 1 saturated heterocycles. The molecule has 0 aromatic heterocycles. The molecule has 106 valence electrons. The lowest BCUT2D eigenvalue weighted by Crippen LogP contribution is -2.45. The van der Waals surface area contributed by atoms with Crippen LogP contribution in [0.15, 0.2) is 24.3 Å². The van der Waals surface area contributed by atoms with Crippen molar-refractivity contribution in [2.75, 3.05) is 12.3 Å². The number of carbonyl (C=O) groups is 2. The van der Waals surface area contributed by atoms with E-state index in [9.17, 15) is 14.7 Å². The Kier molecular flexibility index (Phi) is 2.92. The van der Waals surface area contributed by atoms with E-state index in [2.05, 4.69) is 0 Å². The van der Waals surface area contributed by atoms with Crippen LogP contribution in [-0.2, 0) is 15.0 Å². The molecule has 20 heavy (non-hydrogen) atoms. The Balaban J connectivity index is 1.86. The van der Waals surface area contributed by atoms with Gasteiger partial charge in [0.1, 0.15) is 6.04 Å². The van der Waals surface area contributed by atoms with Crippen LogP contribution in [0.25, 0.3) is 0 Å². The van der Waals surface area contributed by atoms with E-state index in [1.165, 1.54) is 0 Å². The topological polar surface area (TPSA) is 83.6 Å². The number of anilines is 1. The minimum Gasteiger partial charge on any atom is -0.480 e. The predicted octanol–water partition coefficient (Wildman–Crippen LogP) is 1.38. The number of aliphatic carboxylic acids is 1. The molecular weight excluding hydrogens is 256 g/mol. The van der Waals surface area contributed by atoms with Crippen LogP contribution in [0.3, 0.4) is 0 Å². The normalized spacial score (nSPS) is 23.6. The van der Waals surface area contributed by atoms with Crippen molar-refractivity contribution < 1.29 is 14.7 Å². The molecule has 0 spiro atoms. The maximum Gasteiger partial charge on any atom is 0.326 e. The second-order valence-corrected chi connectivity index (χ2v) is 5.70. The first kappa shape index (κ1) is 13.0. The van der Waals surface area contributed by atoms with E-state index < -0.39 is 17.4 Å². The van der Waals surface area contributed by atoms with Crippen molar-refractivity contribution in [2.24, 2.45) is 0 Å². The summed E-state index contributed by atoms with van der Waals surface area (Å²) in [5.41, 5.74) is 6.79. The third kappa shape index (κ3) is 1.94. The fourth-order valence-corrected chi connectivity index (χ4v) is 3.09. The molecule has 1 aliphatic carbocycles. The van der Waals surface area contributed by atoms with Crippen molar-refractivity contribution in [2.45, 2.75) is 37.1 Å². The Morgan fingerprint density at radius 1 is 1.25 bits per heavy atom. The van der Waals surface area contributed by atoms with E-state index in [0.29, 0.717) is 18.7 Å². The van der Waals surface area contributed by atoms with E-state index in [4.69, 9.17) is 5.73 Å². The number of hydrogen-bond donors (Lipinski definition) is 2. The zero-order valence-corrected chi connectivity index (χ0v) is 11.2. The van der Waals surface area contributed by atoms with Crippen LogP contribution in [0, 0.1) is 0 Å². The van der Waals surface area contributed by atoms with Crippen molar-refractivity contribution in [3.05, 3.63) is 29.8 Å². The SMILES string of the molecule is Nc1ccc(C2(C(=O)N3CCC[C@H]3C(=O)O)CC2)cc1. The molecule has 0 unspecified atom stereocenters. The molecule has 1 atom stereocenters. The molecule has 2 aliphatic rings. The first-order valence-corrected chi connectivity index (χ1v) is 6.94. The monoisotopic (exact) mass is 274 g/mol. The van der Waals surface area contributed by atoms with Gasteiger partial charge in [-0.3, -0.25) is 4.79 Å². The highest BCUT2D eigenvalue weighted by atomic mass is 16.4. The van der Waals surface area contributed by atoms with E-state index in [1.54, 1.807) is 17.0 Å². The Morgan fingerprint density at radius 2 is 1.90 bits per heavy atom. The van der Waals surface area contributed by atoms with Crippen molar-refractivity contribution in [3.63, 3.8) is 0 Å². The Labute approximate surface area is 117 Å². The number of carboxylic acid groups (broad SMARTS) is 1. The fraction of sp³-hybridized carbons (Fsp3) is 0.467. The van der Waals surface area contributed by atoms with Gasteiger partial charge in [0, 0.05) is 12.2 Å². The van der Waals surface area contributed by atoms with Crippen LogP contribution in [0.1, 0.15) is 31.2 Å². The van der Waals surface area contributed by atoms with Crippen LogP contribution in [0.2, 0.25) is 0 Å². The highest BCUT2D eigenvalue weighted by Gasteiger charge is 2.55. The summed E-state index contributed by atoms with van der Waals surface area (Å²) in [7, 11) is 0. The number of nitrogen functional groups attached to an aromatic ring is 1. The number of carboxylic acids is 1. The predicted molar refractivity (Wildman–Crippen MR) is 74.1 cm³/mol. The highest BCUT2D eigenvalue weighted by molar-refractivity contribution is 5.94. The molecular formula is C15H18N2O3. The smallest absolute Gasteiger partial charge is 0.326 e. The summed E-state index contributed by atoms with van der Waals surface area (Å²) in [6.45, 7) is 0.548. The summed E-state index contributed by atoms with van der Waals surface area (Å²) >= 11 is 0. The molecule has 1 amide bonds. The molecule has 1 aliphatic heterocycles. The maximum absolute atomic E-state index is 12.8. The quantitative estimate of drug-likeness (QED) is 0.815. The number of amides is 1. The summed E-state index contributed by atoms with van der Waals surface area (Å²) in [6.07, 6.45) is 2.90. The Bertz CT molecular complexity index is 549. The first-order chi connectivity index (χ1) is 9.54. The molecule has 3 N–H and O–H groups in total. The lowest BCUT2D eigenvalue weighted by atomic mass is 9.93. The van der Waals surface area contributed by atoms with Crippen molar-refractivity contribution in [3.8, 4) is 0 Å². The van der Waals surface area contributed by atoms with Gasteiger partial charge in [-0.15, -0.1) is 0 Å². The van der Waals surface area contributed by atoms with Gasteiger partial charge < -0.3 is 15.7 Å². The molecule has 5 heteroatoms. The molecule has 1 saturated carbocycles. The van der Waals surface area contributed by atoms with Crippen molar-refractivity contribution in [1.82, 2.24) is 4.90 Å². The minimum atomic E-state index is -0.899. The van der Waals surface area contributed by atoms with Gasteiger partial charge in [-0.1, -0.05) is 12.1 Å². The van der Waals surface area contributed by atoms with Crippen LogP contribution >= 0.6 is 0 Å². The lowest BCUT2D eigenvalue weighted by Gasteiger charge is -2.27. The minimum absolute atomic E-state index is 0.0350. The first-order valence-electron chi connectivity index (χ1n) is 6.94. The van der Waals surface area contributed by atoms with Gasteiger partial charge in [0.2, 0.25) is 5.91 Å². The Hall–Kier alpha value is -2.04. The van der Waals surface area contributed by atoms with Gasteiger partial charge in [0.25, 0.3) is 0 Å². The number of hydrogen-bond acceptors (Lipinski definition) is 3. The zero-order valence-electron chi connectivity index (χ0n) is 11.2. The van der Waals surface area contributed by atoms with Gasteiger partial charge in [-0.2, -0.15) is 0 Å². The second kappa shape index (κ2) is 4.51. The molecule has 2 fully saturated rings. The van der Waals surface area contributed by atoms with Crippen molar-refractivity contribution >= 4 is 17.6 Å². The number of rotatable bonds is 3. The van der Waals surface area contributed by atoms with Gasteiger partial charge in [0.15, 0.2) is 0 Å². The van der Waals surface area contributed by atoms with E-state index in [0.717, 1.165) is 24.8 Å². The van der Waals surface area contributed by atoms with Crippen molar-refractivity contribution in [1.29, 1.82) is 0 Å². The zero-order chi connectivity index (χ0) is 14.3. The standard InChI is InChI=1S/C15H18N2O3/c16-11-5-3-10(4-6-11)15(7-8-15)14(20)17-9-1-2-12(17)13(18)19/h3-6,12H,1-2,7-9,16H2,(H,18,19)/t12-/m0/s1. The molecule has 1 aromatic rings. The molecule has 1 heterocycles. The third-order valence-corrected chi connectivity index (χ3v) is 4.42. The third-order valence-electron chi connectivity index (χ3n) is 4.42. The number of likely N-dealkylation sites (tertiary alicyclic amines) is 1. The second-order valence-electron chi connectivity index (χ2n) is 5.70. The van der Waals surface area contributed by atoms with Gasteiger partial charge in [-0.05, 0) is 43.4 Å². The summed E-state index contributed by atoms with van der Waals surface area (Å²) in [4.78, 5) is 25.5. The van der Waals surface area contributed by atoms with Crippen LogP contribution in [0.4, 0.5) is 5.69 Å². The van der Waals surface area contributed by atoms with E-state index in [-0.39, 0.29) is 5.91 Å². The highest BCUT2D eigenvalue weighted by Crippen LogP contribution is 2.50. The summed E-state index contributed by atoms with van der Waals surface area (Å²) in [5, 5.41) is 9.22. The summed E-state index contributed by atoms with van der Waals surface area (Å²) in [6, 6.07) is 6.69. The van der Waals surface area contributed by atoms with Gasteiger partial charge in [0.05, 0.1) is 5.41 Å².